The largest absolute Gasteiger partial charge is 0.507 e. The Morgan fingerprint density at radius 3 is 2.71 bits per heavy atom. The first-order valence-electron chi connectivity index (χ1n) is 5.34. The third-order valence-electron chi connectivity index (χ3n) is 2.06. The Morgan fingerprint density at radius 2 is 2.06 bits per heavy atom. The lowest BCUT2D eigenvalue weighted by Gasteiger charge is -2.08. The van der Waals surface area contributed by atoms with Gasteiger partial charge in [0, 0.05) is 13.0 Å². The number of hydrogen-bond acceptors (Lipinski definition) is 3. The van der Waals surface area contributed by atoms with E-state index in [4.69, 9.17) is 21.4 Å². The highest BCUT2D eigenvalue weighted by Gasteiger charge is 2.08. The molecule has 0 aliphatic carbocycles. The third-order valence-corrected chi connectivity index (χ3v) is 2.37. The van der Waals surface area contributed by atoms with Crippen LogP contribution < -0.4 is 0 Å². The van der Waals surface area contributed by atoms with Crippen molar-refractivity contribution in [3.63, 3.8) is 0 Å². The van der Waals surface area contributed by atoms with E-state index in [0.717, 1.165) is 5.56 Å². The Morgan fingerprint density at radius 1 is 1.35 bits per heavy atom. The van der Waals surface area contributed by atoms with Crippen LogP contribution in [0, 0.1) is 0 Å². The summed E-state index contributed by atoms with van der Waals surface area (Å²) in [6, 6.07) is 9.82. The minimum atomic E-state index is -1.35. The summed E-state index contributed by atoms with van der Waals surface area (Å²) in [6.07, 6.45) is -0.244. The smallest absolute Gasteiger partial charge is 0.450 e. The fraction of sp³-hybridized carbons (Fsp3) is 0.417. The van der Waals surface area contributed by atoms with Gasteiger partial charge < -0.3 is 14.6 Å². The van der Waals surface area contributed by atoms with Crippen molar-refractivity contribution >= 4 is 17.8 Å². The molecule has 0 saturated carbocycles. The molecule has 0 saturated heterocycles. The van der Waals surface area contributed by atoms with E-state index < -0.39 is 11.7 Å². The van der Waals surface area contributed by atoms with E-state index >= 15 is 0 Å². The number of ether oxygens (including phenoxy) is 2. The fourth-order valence-corrected chi connectivity index (χ4v) is 1.51. The Balaban J connectivity index is 2.03. The molecule has 0 heterocycles. The van der Waals surface area contributed by atoms with Crippen LogP contribution in [0.3, 0.4) is 0 Å². The molecule has 17 heavy (non-hydrogen) atoms. The van der Waals surface area contributed by atoms with Gasteiger partial charge in [-0.05, 0) is 12.0 Å². The van der Waals surface area contributed by atoms with Gasteiger partial charge in [-0.25, -0.2) is 4.79 Å². The molecule has 0 aliphatic heterocycles. The maximum Gasteiger partial charge on any atom is 0.507 e. The summed E-state index contributed by atoms with van der Waals surface area (Å²) in [5.74, 6) is 0. The highest BCUT2D eigenvalue weighted by molar-refractivity contribution is 6.20. The van der Waals surface area contributed by atoms with Crippen LogP contribution in [0.15, 0.2) is 30.3 Å². The van der Waals surface area contributed by atoms with Crippen molar-refractivity contribution in [2.24, 2.45) is 0 Å². The highest BCUT2D eigenvalue weighted by atomic mass is 35.5. The number of carboxylic acid groups (broad SMARTS) is 1. The van der Waals surface area contributed by atoms with Gasteiger partial charge in [0.15, 0.2) is 5.56 Å². The topological polar surface area (TPSA) is 55.8 Å². The minimum Gasteiger partial charge on any atom is -0.450 e. The fourth-order valence-electron chi connectivity index (χ4n) is 1.28. The number of alkyl halides is 1. The molecule has 1 aromatic carbocycles. The van der Waals surface area contributed by atoms with E-state index in [1.54, 1.807) is 0 Å². The maximum absolute atomic E-state index is 10.1. The average molecular weight is 259 g/mol. The van der Waals surface area contributed by atoms with E-state index in [2.05, 4.69) is 4.74 Å². The second-order valence-corrected chi connectivity index (χ2v) is 3.96. The Labute approximate surface area is 105 Å². The molecule has 0 radical (unpaired) electrons. The van der Waals surface area contributed by atoms with E-state index in [1.165, 1.54) is 0 Å². The van der Waals surface area contributed by atoms with Gasteiger partial charge in [-0.2, -0.15) is 0 Å². The van der Waals surface area contributed by atoms with Crippen LogP contribution in [-0.4, -0.2) is 23.4 Å². The van der Waals surface area contributed by atoms with E-state index in [-0.39, 0.29) is 0 Å². The van der Waals surface area contributed by atoms with Gasteiger partial charge in [0.2, 0.25) is 0 Å². The minimum absolute atomic E-state index is 0.447. The maximum atomic E-state index is 10.1. The predicted octanol–water partition coefficient (Wildman–Crippen LogP) is 3.24. The second kappa shape index (κ2) is 7.92. The summed E-state index contributed by atoms with van der Waals surface area (Å²) < 4.78 is 9.75. The van der Waals surface area contributed by atoms with Crippen LogP contribution in [0.25, 0.3) is 0 Å². The van der Waals surface area contributed by atoms with E-state index in [0.29, 0.717) is 26.1 Å². The zero-order valence-corrected chi connectivity index (χ0v) is 10.1. The summed E-state index contributed by atoms with van der Waals surface area (Å²) >= 11 is 5.61. The van der Waals surface area contributed by atoms with Gasteiger partial charge in [-0.1, -0.05) is 41.9 Å². The molecule has 0 fully saturated rings. The SMILES string of the molecule is O=C(O)OC(Cl)CCCOCc1ccccc1. The van der Waals surface area contributed by atoms with Crippen molar-refractivity contribution in [2.45, 2.75) is 25.0 Å². The molecule has 1 N–H and O–H groups in total. The summed E-state index contributed by atoms with van der Waals surface area (Å²) in [4.78, 5) is 10.1. The van der Waals surface area contributed by atoms with Crippen molar-refractivity contribution in [1.29, 1.82) is 0 Å². The molecule has 0 bridgehead atoms. The Hall–Kier alpha value is -1.26. The van der Waals surface area contributed by atoms with Crippen molar-refractivity contribution in [3.8, 4) is 0 Å². The van der Waals surface area contributed by atoms with Crippen LogP contribution in [0.5, 0.6) is 0 Å². The number of halogens is 1. The molecule has 1 rings (SSSR count). The number of carbonyl (C=O) groups is 1. The molecule has 0 amide bonds. The molecule has 0 aliphatic rings. The lowest BCUT2D eigenvalue weighted by atomic mass is 10.2. The molecule has 4 nitrogen and oxygen atoms in total. The van der Waals surface area contributed by atoms with Crippen LogP contribution in [0.4, 0.5) is 4.79 Å². The third kappa shape index (κ3) is 6.81. The van der Waals surface area contributed by atoms with Gasteiger partial charge in [0.05, 0.1) is 6.61 Å². The van der Waals surface area contributed by atoms with Crippen molar-refractivity contribution in [3.05, 3.63) is 35.9 Å². The van der Waals surface area contributed by atoms with Crippen LogP contribution in [0.1, 0.15) is 18.4 Å². The molecule has 1 aromatic rings. The zero-order chi connectivity index (χ0) is 12.5. The van der Waals surface area contributed by atoms with Crippen LogP contribution >= 0.6 is 11.6 Å². The molecule has 5 heteroatoms. The normalized spacial score (nSPS) is 12.1. The highest BCUT2D eigenvalue weighted by Crippen LogP contribution is 2.08. The molecule has 0 spiro atoms. The van der Waals surface area contributed by atoms with E-state index in [1.807, 2.05) is 30.3 Å². The van der Waals surface area contributed by atoms with Gasteiger partial charge in [-0.15, -0.1) is 0 Å². The Kier molecular flexibility index (Phi) is 6.43. The van der Waals surface area contributed by atoms with Crippen molar-refractivity contribution in [2.75, 3.05) is 6.61 Å². The molecule has 0 aromatic heterocycles. The second-order valence-electron chi connectivity index (χ2n) is 3.47. The number of benzene rings is 1. The van der Waals surface area contributed by atoms with Gasteiger partial charge in [0.1, 0.15) is 0 Å². The summed E-state index contributed by atoms with van der Waals surface area (Å²) in [7, 11) is 0. The first-order valence-corrected chi connectivity index (χ1v) is 5.77. The van der Waals surface area contributed by atoms with Gasteiger partial charge >= 0.3 is 6.16 Å². The summed E-state index contributed by atoms with van der Waals surface area (Å²) in [5.41, 5.74) is 0.310. The lowest BCUT2D eigenvalue weighted by molar-refractivity contribution is 0.0684. The van der Waals surface area contributed by atoms with Gasteiger partial charge in [-0.3, -0.25) is 0 Å². The lowest BCUT2D eigenvalue weighted by Crippen LogP contribution is -2.11. The first kappa shape index (κ1) is 13.8. The summed E-state index contributed by atoms with van der Waals surface area (Å²) in [5, 5.41) is 8.30. The predicted molar refractivity (Wildman–Crippen MR) is 64.1 cm³/mol. The summed E-state index contributed by atoms with van der Waals surface area (Å²) in [6.45, 7) is 1.08. The average Bonchev–Trinajstić information content (AvgIpc) is 2.29. The Bertz CT molecular complexity index is 329. The molecule has 1 unspecified atom stereocenters. The molecule has 1 atom stereocenters. The molecular formula is C12H15ClO4. The molecular weight excluding hydrogens is 244 g/mol. The monoisotopic (exact) mass is 258 g/mol. The van der Waals surface area contributed by atoms with E-state index in [9.17, 15) is 4.79 Å². The van der Waals surface area contributed by atoms with Crippen LogP contribution in [-0.2, 0) is 16.1 Å². The number of rotatable bonds is 7. The standard InChI is InChI=1S/C12H15ClO4/c13-11(17-12(14)15)7-4-8-16-9-10-5-2-1-3-6-10/h1-3,5-6,11H,4,7-9H2,(H,14,15). The zero-order valence-electron chi connectivity index (χ0n) is 9.34. The quantitative estimate of drug-likeness (QED) is 0.463. The first-order chi connectivity index (χ1) is 8.18. The number of hydrogen-bond donors (Lipinski definition) is 1. The van der Waals surface area contributed by atoms with Crippen molar-refractivity contribution in [1.82, 2.24) is 0 Å². The van der Waals surface area contributed by atoms with Crippen LogP contribution in [0.2, 0.25) is 0 Å². The molecule has 94 valence electrons. The van der Waals surface area contributed by atoms with Crippen molar-refractivity contribution < 1.29 is 19.4 Å². The van der Waals surface area contributed by atoms with Gasteiger partial charge in [0.25, 0.3) is 0 Å².